The van der Waals surface area contributed by atoms with Crippen LogP contribution >= 0.6 is 0 Å². The van der Waals surface area contributed by atoms with Crippen LogP contribution in [0.5, 0.6) is 0 Å². The van der Waals surface area contributed by atoms with Crippen molar-refractivity contribution in [2.45, 2.75) is 33.0 Å². The summed E-state index contributed by atoms with van der Waals surface area (Å²) in [7, 11) is 0. The maximum atomic E-state index is 4.50. The molecule has 0 fully saturated rings. The molecular formula is C14H19N3. The van der Waals surface area contributed by atoms with Crippen molar-refractivity contribution >= 4 is 0 Å². The third kappa shape index (κ3) is 3.17. The smallest absolute Gasteiger partial charge is 0.0791 e. The molecule has 0 saturated carbocycles. The minimum Gasteiger partial charge on any atom is -0.305 e. The standard InChI is InChI=1S/C14H19N3/c1-3-17-10-9-14(16-17)12(2)15-11-13-7-5-4-6-8-13/h4-10,12,15H,3,11H2,1-2H3. The lowest BCUT2D eigenvalue weighted by Gasteiger charge is -2.11. The molecule has 0 amide bonds. The second kappa shape index (κ2) is 5.64. The molecule has 1 atom stereocenters. The zero-order valence-corrected chi connectivity index (χ0v) is 10.4. The second-order valence-corrected chi connectivity index (χ2v) is 4.18. The Hall–Kier alpha value is -1.61. The Bertz CT molecular complexity index is 448. The lowest BCUT2D eigenvalue weighted by molar-refractivity contribution is 0.542. The summed E-state index contributed by atoms with van der Waals surface area (Å²) < 4.78 is 1.95. The monoisotopic (exact) mass is 229 g/mol. The van der Waals surface area contributed by atoms with Crippen LogP contribution in [-0.4, -0.2) is 9.78 Å². The summed E-state index contributed by atoms with van der Waals surface area (Å²) in [5, 5.41) is 7.97. The number of hydrogen-bond acceptors (Lipinski definition) is 2. The van der Waals surface area contributed by atoms with Gasteiger partial charge in [-0.3, -0.25) is 4.68 Å². The Labute approximate surface area is 102 Å². The molecule has 0 bridgehead atoms. The van der Waals surface area contributed by atoms with Crippen molar-refractivity contribution in [2.75, 3.05) is 0 Å². The summed E-state index contributed by atoms with van der Waals surface area (Å²) in [4.78, 5) is 0. The van der Waals surface area contributed by atoms with E-state index in [1.807, 2.05) is 16.9 Å². The molecule has 1 aromatic heterocycles. The van der Waals surface area contributed by atoms with E-state index >= 15 is 0 Å². The Balaban J connectivity index is 1.91. The number of rotatable bonds is 5. The Morgan fingerprint density at radius 2 is 2.00 bits per heavy atom. The quantitative estimate of drug-likeness (QED) is 0.854. The molecule has 1 aromatic carbocycles. The molecule has 0 aliphatic heterocycles. The first-order chi connectivity index (χ1) is 8.29. The van der Waals surface area contributed by atoms with Gasteiger partial charge in [0.1, 0.15) is 0 Å². The van der Waals surface area contributed by atoms with E-state index in [1.54, 1.807) is 0 Å². The predicted molar refractivity (Wildman–Crippen MR) is 69.6 cm³/mol. The zero-order valence-electron chi connectivity index (χ0n) is 10.4. The molecule has 0 spiro atoms. The average Bonchev–Trinajstić information content (AvgIpc) is 2.86. The molecule has 1 heterocycles. The summed E-state index contributed by atoms with van der Waals surface area (Å²) in [6.07, 6.45) is 2.02. The van der Waals surface area contributed by atoms with Crippen LogP contribution in [0.4, 0.5) is 0 Å². The second-order valence-electron chi connectivity index (χ2n) is 4.18. The number of nitrogens with zero attached hydrogens (tertiary/aromatic N) is 2. The molecule has 0 saturated heterocycles. The van der Waals surface area contributed by atoms with Crippen LogP contribution in [0.3, 0.4) is 0 Å². The Kier molecular flexibility index (Phi) is 3.94. The summed E-state index contributed by atoms with van der Waals surface area (Å²) >= 11 is 0. The van der Waals surface area contributed by atoms with Crippen molar-refractivity contribution in [1.82, 2.24) is 15.1 Å². The third-order valence-corrected chi connectivity index (χ3v) is 2.88. The van der Waals surface area contributed by atoms with Crippen molar-refractivity contribution in [1.29, 1.82) is 0 Å². The van der Waals surface area contributed by atoms with Crippen LogP contribution in [0.25, 0.3) is 0 Å². The highest BCUT2D eigenvalue weighted by Gasteiger charge is 2.07. The molecular weight excluding hydrogens is 210 g/mol. The van der Waals surface area contributed by atoms with Crippen LogP contribution in [0.1, 0.15) is 31.1 Å². The van der Waals surface area contributed by atoms with Gasteiger partial charge >= 0.3 is 0 Å². The lowest BCUT2D eigenvalue weighted by atomic mass is 10.2. The van der Waals surface area contributed by atoms with Gasteiger partial charge in [0.2, 0.25) is 0 Å². The highest BCUT2D eigenvalue weighted by Crippen LogP contribution is 2.10. The van der Waals surface area contributed by atoms with Crippen LogP contribution in [0, 0.1) is 0 Å². The summed E-state index contributed by atoms with van der Waals surface area (Å²) in [5.74, 6) is 0. The van der Waals surface area contributed by atoms with Gasteiger partial charge in [-0.15, -0.1) is 0 Å². The summed E-state index contributed by atoms with van der Waals surface area (Å²) in [6, 6.07) is 12.8. The third-order valence-electron chi connectivity index (χ3n) is 2.88. The molecule has 0 aliphatic rings. The van der Waals surface area contributed by atoms with E-state index in [0.717, 1.165) is 18.8 Å². The van der Waals surface area contributed by atoms with Crippen LogP contribution < -0.4 is 5.32 Å². The number of aromatic nitrogens is 2. The topological polar surface area (TPSA) is 29.9 Å². The first kappa shape index (κ1) is 11.9. The molecule has 0 radical (unpaired) electrons. The highest BCUT2D eigenvalue weighted by molar-refractivity contribution is 5.15. The number of benzene rings is 1. The molecule has 1 N–H and O–H groups in total. The molecule has 3 heteroatoms. The van der Waals surface area contributed by atoms with E-state index in [1.165, 1.54) is 5.56 Å². The van der Waals surface area contributed by atoms with Crippen LogP contribution in [-0.2, 0) is 13.1 Å². The number of hydrogen-bond donors (Lipinski definition) is 1. The van der Waals surface area contributed by atoms with E-state index in [9.17, 15) is 0 Å². The van der Waals surface area contributed by atoms with E-state index < -0.39 is 0 Å². The van der Waals surface area contributed by atoms with E-state index in [0.29, 0.717) is 0 Å². The summed E-state index contributed by atoms with van der Waals surface area (Å²) in [5.41, 5.74) is 2.40. The van der Waals surface area contributed by atoms with Crippen molar-refractivity contribution < 1.29 is 0 Å². The summed E-state index contributed by atoms with van der Waals surface area (Å²) in [6.45, 7) is 6.04. The maximum Gasteiger partial charge on any atom is 0.0791 e. The van der Waals surface area contributed by atoms with Crippen LogP contribution in [0.15, 0.2) is 42.6 Å². The SMILES string of the molecule is CCn1ccc(C(C)NCc2ccccc2)n1. The molecule has 17 heavy (non-hydrogen) atoms. The highest BCUT2D eigenvalue weighted by atomic mass is 15.3. The Morgan fingerprint density at radius 3 is 2.65 bits per heavy atom. The van der Waals surface area contributed by atoms with Crippen LogP contribution in [0.2, 0.25) is 0 Å². The van der Waals surface area contributed by atoms with Gasteiger partial charge in [0, 0.05) is 25.3 Å². The normalized spacial score (nSPS) is 12.6. The Morgan fingerprint density at radius 1 is 1.24 bits per heavy atom. The molecule has 1 unspecified atom stereocenters. The zero-order chi connectivity index (χ0) is 12.1. The van der Waals surface area contributed by atoms with Crippen molar-refractivity contribution in [3.05, 3.63) is 53.9 Å². The molecule has 3 nitrogen and oxygen atoms in total. The fourth-order valence-corrected chi connectivity index (χ4v) is 1.76. The average molecular weight is 229 g/mol. The fraction of sp³-hybridized carbons (Fsp3) is 0.357. The minimum atomic E-state index is 0.281. The fourth-order valence-electron chi connectivity index (χ4n) is 1.76. The number of nitrogens with one attached hydrogen (secondary N) is 1. The van der Waals surface area contributed by atoms with Gasteiger partial charge in [-0.1, -0.05) is 30.3 Å². The molecule has 0 aliphatic carbocycles. The van der Waals surface area contributed by atoms with Crippen molar-refractivity contribution in [3.8, 4) is 0 Å². The van der Waals surface area contributed by atoms with Crippen molar-refractivity contribution in [2.24, 2.45) is 0 Å². The first-order valence-corrected chi connectivity index (χ1v) is 6.10. The first-order valence-electron chi connectivity index (χ1n) is 6.10. The maximum absolute atomic E-state index is 4.50. The van der Waals surface area contributed by atoms with Gasteiger partial charge in [-0.25, -0.2) is 0 Å². The largest absolute Gasteiger partial charge is 0.305 e. The van der Waals surface area contributed by atoms with Gasteiger partial charge in [-0.05, 0) is 25.5 Å². The lowest BCUT2D eigenvalue weighted by Crippen LogP contribution is -2.18. The molecule has 2 aromatic rings. The van der Waals surface area contributed by atoms with Crippen molar-refractivity contribution in [3.63, 3.8) is 0 Å². The number of aryl methyl sites for hydroxylation is 1. The van der Waals surface area contributed by atoms with Gasteiger partial charge < -0.3 is 5.32 Å². The van der Waals surface area contributed by atoms with E-state index in [-0.39, 0.29) is 6.04 Å². The van der Waals surface area contributed by atoms with E-state index in [2.05, 4.69) is 54.6 Å². The van der Waals surface area contributed by atoms with Gasteiger partial charge in [0.25, 0.3) is 0 Å². The predicted octanol–water partition coefficient (Wildman–Crippen LogP) is 2.75. The minimum absolute atomic E-state index is 0.281. The van der Waals surface area contributed by atoms with E-state index in [4.69, 9.17) is 0 Å². The molecule has 2 rings (SSSR count). The van der Waals surface area contributed by atoms with Gasteiger partial charge in [-0.2, -0.15) is 5.10 Å². The van der Waals surface area contributed by atoms with Gasteiger partial charge in [0.15, 0.2) is 0 Å². The van der Waals surface area contributed by atoms with Gasteiger partial charge in [0.05, 0.1) is 5.69 Å². The molecule has 90 valence electrons.